The monoisotopic (exact) mass is 500 g/mol. The van der Waals surface area contributed by atoms with E-state index in [9.17, 15) is 9.90 Å². The molecule has 5 rings (SSSR count). The normalized spacial score (nSPS) is 17.6. The molecule has 4 aromatic rings. The number of pyridine rings is 1. The van der Waals surface area contributed by atoms with Crippen LogP contribution in [0.4, 0.5) is 11.6 Å². The topological polar surface area (TPSA) is 128 Å². The highest BCUT2D eigenvalue weighted by atomic mass is 16.5. The number of aryl methyl sites for hydroxylation is 1. The summed E-state index contributed by atoms with van der Waals surface area (Å²) in [5, 5.41) is 12.8. The van der Waals surface area contributed by atoms with Gasteiger partial charge in [0.05, 0.1) is 30.7 Å². The summed E-state index contributed by atoms with van der Waals surface area (Å²) in [4.78, 5) is 26.6. The van der Waals surface area contributed by atoms with Crippen molar-refractivity contribution in [1.29, 1.82) is 0 Å². The van der Waals surface area contributed by atoms with E-state index in [4.69, 9.17) is 10.5 Å². The van der Waals surface area contributed by atoms with Crippen LogP contribution >= 0.6 is 0 Å². The molecule has 1 aliphatic rings. The number of aliphatic hydroxyl groups excluding tert-OH is 1. The van der Waals surface area contributed by atoms with Gasteiger partial charge in [-0.15, -0.1) is 0 Å². The Morgan fingerprint density at radius 1 is 1.19 bits per heavy atom. The summed E-state index contributed by atoms with van der Waals surface area (Å²) < 4.78 is 7.58. The van der Waals surface area contributed by atoms with Crippen molar-refractivity contribution in [3.8, 4) is 17.0 Å². The van der Waals surface area contributed by atoms with E-state index in [-0.39, 0.29) is 17.9 Å². The number of imidazole rings is 1. The van der Waals surface area contributed by atoms with Crippen LogP contribution in [0.25, 0.3) is 16.8 Å². The molecule has 1 aliphatic carbocycles. The molecule has 9 nitrogen and oxygen atoms in total. The van der Waals surface area contributed by atoms with Gasteiger partial charge in [-0.2, -0.15) is 0 Å². The van der Waals surface area contributed by atoms with Crippen LogP contribution in [0.2, 0.25) is 0 Å². The van der Waals surface area contributed by atoms with Crippen LogP contribution in [0, 0.1) is 0 Å². The summed E-state index contributed by atoms with van der Waals surface area (Å²) in [5.41, 5.74) is 10.0. The Balaban J connectivity index is 1.44. The Morgan fingerprint density at radius 3 is 2.76 bits per heavy atom. The standard InChI is InChI=1S/C28H32N6O3/c1-3-4-17-11-12-30-25(13-17)33-28(36)21-10-7-19(14-24(21)37-2)22-16-34-23(26(29)32-22)15-31-27(34)18-5-8-20(35)9-6-18/h7,10-16,18,20,35H,3-6,8-9H2,1-2H3,(H2,29,32)(H,30,33,36). The first kappa shape index (κ1) is 24.7. The van der Waals surface area contributed by atoms with E-state index >= 15 is 0 Å². The summed E-state index contributed by atoms with van der Waals surface area (Å²) in [7, 11) is 1.53. The number of fused-ring (bicyclic) bond motifs is 1. The Bertz CT molecular complexity index is 1420. The number of methoxy groups -OCH3 is 1. The number of nitrogens with one attached hydrogen (secondary N) is 1. The second-order valence-electron chi connectivity index (χ2n) is 9.56. The molecule has 1 amide bonds. The van der Waals surface area contributed by atoms with Crippen LogP contribution in [0.5, 0.6) is 5.75 Å². The van der Waals surface area contributed by atoms with Gasteiger partial charge < -0.3 is 20.9 Å². The predicted octanol–water partition coefficient (Wildman–Crippen LogP) is 4.61. The molecule has 0 unspecified atom stereocenters. The Hall–Kier alpha value is -3.98. The van der Waals surface area contributed by atoms with Crippen LogP contribution in [0.15, 0.2) is 48.9 Å². The van der Waals surface area contributed by atoms with Gasteiger partial charge in [0, 0.05) is 23.9 Å². The second-order valence-corrected chi connectivity index (χ2v) is 9.56. The lowest BCUT2D eigenvalue weighted by atomic mass is 9.87. The molecule has 0 aliphatic heterocycles. The van der Waals surface area contributed by atoms with Crippen molar-refractivity contribution in [3.63, 3.8) is 0 Å². The second kappa shape index (κ2) is 10.6. The van der Waals surface area contributed by atoms with Crippen LogP contribution in [-0.2, 0) is 6.42 Å². The maximum atomic E-state index is 13.1. The number of aliphatic hydroxyl groups is 1. The van der Waals surface area contributed by atoms with Crippen LogP contribution in [0.3, 0.4) is 0 Å². The fourth-order valence-electron chi connectivity index (χ4n) is 5.02. The first-order valence-corrected chi connectivity index (χ1v) is 12.7. The zero-order valence-corrected chi connectivity index (χ0v) is 21.1. The van der Waals surface area contributed by atoms with Crippen LogP contribution in [0.1, 0.15) is 66.7 Å². The van der Waals surface area contributed by atoms with E-state index < -0.39 is 0 Å². The minimum Gasteiger partial charge on any atom is -0.496 e. The zero-order valence-electron chi connectivity index (χ0n) is 21.1. The largest absolute Gasteiger partial charge is 0.496 e. The number of hydrogen-bond donors (Lipinski definition) is 3. The van der Waals surface area contributed by atoms with Crippen molar-refractivity contribution < 1.29 is 14.6 Å². The van der Waals surface area contributed by atoms with Gasteiger partial charge >= 0.3 is 0 Å². The Kier molecular flexibility index (Phi) is 7.05. The fraction of sp³-hybridized carbons (Fsp3) is 0.357. The molecule has 0 bridgehead atoms. The SMILES string of the molecule is CCCc1ccnc(NC(=O)c2ccc(-c3cn4c(C5CCC(O)CC5)ncc4c(N)n3)cc2OC)c1. The molecule has 1 fully saturated rings. The number of nitrogen functional groups attached to an aromatic ring is 1. The van der Waals surface area contributed by atoms with Crippen molar-refractivity contribution >= 4 is 23.1 Å². The number of carbonyl (C=O) groups is 1. The van der Waals surface area contributed by atoms with Gasteiger partial charge in [-0.05, 0) is 61.9 Å². The number of nitrogens with two attached hydrogens (primary N) is 1. The summed E-state index contributed by atoms with van der Waals surface area (Å²) in [6, 6.07) is 9.18. The maximum absolute atomic E-state index is 13.1. The zero-order chi connectivity index (χ0) is 25.9. The highest BCUT2D eigenvalue weighted by Gasteiger charge is 2.25. The molecule has 9 heteroatoms. The molecule has 0 saturated heterocycles. The number of benzene rings is 1. The van der Waals surface area contributed by atoms with E-state index in [1.54, 1.807) is 24.5 Å². The van der Waals surface area contributed by atoms with Crippen LogP contribution in [-0.4, -0.2) is 43.6 Å². The third-order valence-corrected chi connectivity index (χ3v) is 6.99. The molecule has 3 aromatic heterocycles. The van der Waals surface area contributed by atoms with Gasteiger partial charge in [-0.25, -0.2) is 15.0 Å². The molecule has 0 radical (unpaired) electrons. The number of ether oxygens (including phenoxy) is 1. The Labute approximate surface area is 215 Å². The lowest BCUT2D eigenvalue weighted by Gasteiger charge is -2.24. The number of anilines is 2. The number of nitrogens with zero attached hydrogens (tertiary/aromatic N) is 4. The molecule has 4 N–H and O–H groups in total. The third kappa shape index (κ3) is 5.13. The lowest BCUT2D eigenvalue weighted by molar-refractivity contribution is 0.102. The van der Waals surface area contributed by atoms with Gasteiger partial charge in [-0.3, -0.25) is 9.20 Å². The van der Waals surface area contributed by atoms with E-state index in [0.717, 1.165) is 61.0 Å². The van der Waals surface area contributed by atoms with Crippen molar-refractivity contribution in [2.24, 2.45) is 0 Å². The highest BCUT2D eigenvalue weighted by Crippen LogP contribution is 2.34. The minimum atomic E-state index is -0.302. The van der Waals surface area contributed by atoms with Crippen molar-refractivity contribution in [2.75, 3.05) is 18.2 Å². The summed E-state index contributed by atoms with van der Waals surface area (Å²) in [6.07, 6.45) is 10.4. The van der Waals surface area contributed by atoms with E-state index in [1.165, 1.54) is 7.11 Å². The van der Waals surface area contributed by atoms with Gasteiger partial charge in [0.15, 0.2) is 0 Å². The predicted molar refractivity (Wildman–Crippen MR) is 143 cm³/mol. The molecule has 37 heavy (non-hydrogen) atoms. The molecule has 192 valence electrons. The molecule has 1 aromatic carbocycles. The van der Waals surface area contributed by atoms with E-state index in [2.05, 4.69) is 27.2 Å². The first-order valence-electron chi connectivity index (χ1n) is 12.7. The van der Waals surface area contributed by atoms with E-state index in [1.807, 2.05) is 28.8 Å². The lowest BCUT2D eigenvalue weighted by Crippen LogP contribution is -2.18. The van der Waals surface area contributed by atoms with Gasteiger partial charge in [-0.1, -0.05) is 19.4 Å². The molecule has 3 heterocycles. The Morgan fingerprint density at radius 2 is 2.00 bits per heavy atom. The fourth-order valence-corrected chi connectivity index (χ4v) is 5.02. The molecule has 0 atom stereocenters. The average molecular weight is 501 g/mol. The van der Waals surface area contributed by atoms with Crippen LogP contribution < -0.4 is 15.8 Å². The number of rotatable bonds is 7. The van der Waals surface area contributed by atoms with E-state index in [0.29, 0.717) is 28.6 Å². The highest BCUT2D eigenvalue weighted by molar-refractivity contribution is 6.06. The quantitative estimate of drug-likeness (QED) is 0.338. The summed E-state index contributed by atoms with van der Waals surface area (Å²) >= 11 is 0. The third-order valence-electron chi connectivity index (χ3n) is 6.99. The average Bonchev–Trinajstić information content (AvgIpc) is 3.34. The molecular formula is C28H32N6O3. The van der Waals surface area contributed by atoms with Crippen molar-refractivity contribution in [2.45, 2.75) is 57.5 Å². The number of hydrogen-bond acceptors (Lipinski definition) is 7. The molecule has 0 spiro atoms. The van der Waals surface area contributed by atoms with Gasteiger partial charge in [0.1, 0.15) is 28.7 Å². The smallest absolute Gasteiger partial charge is 0.260 e. The minimum absolute atomic E-state index is 0.232. The number of aromatic nitrogens is 4. The maximum Gasteiger partial charge on any atom is 0.260 e. The summed E-state index contributed by atoms with van der Waals surface area (Å²) in [5.74, 6) is 2.19. The van der Waals surface area contributed by atoms with Gasteiger partial charge in [0.2, 0.25) is 0 Å². The molecule has 1 saturated carbocycles. The van der Waals surface area contributed by atoms with Crippen molar-refractivity contribution in [1.82, 2.24) is 19.4 Å². The number of amides is 1. The molecular weight excluding hydrogens is 468 g/mol. The van der Waals surface area contributed by atoms with Crippen molar-refractivity contribution in [3.05, 3.63) is 65.9 Å². The summed E-state index contributed by atoms with van der Waals surface area (Å²) in [6.45, 7) is 2.11. The van der Waals surface area contributed by atoms with Gasteiger partial charge in [0.25, 0.3) is 5.91 Å². The first-order chi connectivity index (χ1) is 18.0. The number of carbonyl (C=O) groups excluding carboxylic acids is 1.